The molecule has 1 aliphatic rings. The van der Waals surface area contributed by atoms with Gasteiger partial charge in [-0.2, -0.15) is 0 Å². The second kappa shape index (κ2) is 5.83. The van der Waals surface area contributed by atoms with Crippen LogP contribution in [0.1, 0.15) is 33.1 Å². The Morgan fingerprint density at radius 3 is 2.31 bits per heavy atom. The summed E-state index contributed by atoms with van der Waals surface area (Å²) in [5.74, 6) is 0.302. The normalized spacial score (nSPS) is 21.2. The minimum atomic E-state index is -2.91. The maximum absolute atomic E-state index is 11.8. The van der Waals surface area contributed by atoms with E-state index in [-0.39, 0.29) is 10.7 Å². The second-order valence-corrected chi connectivity index (χ2v) is 8.15. The van der Waals surface area contributed by atoms with Gasteiger partial charge in [-0.05, 0) is 38.5 Å². The van der Waals surface area contributed by atoms with Crippen LogP contribution in [0.5, 0.6) is 0 Å². The SMILES string of the molecule is CC(C)S(=O)(=O)CCC1(CBr)CCOCC1. The fourth-order valence-corrected chi connectivity index (χ4v) is 3.88. The van der Waals surface area contributed by atoms with Crippen molar-refractivity contribution in [2.45, 2.75) is 38.4 Å². The predicted molar refractivity (Wildman–Crippen MR) is 69.8 cm³/mol. The van der Waals surface area contributed by atoms with Gasteiger partial charge in [0, 0.05) is 18.5 Å². The number of rotatable bonds is 5. The lowest BCUT2D eigenvalue weighted by atomic mass is 9.80. The number of sulfone groups is 1. The average Bonchev–Trinajstić information content (AvgIpc) is 2.28. The molecule has 1 saturated heterocycles. The van der Waals surface area contributed by atoms with Crippen molar-refractivity contribution in [2.75, 3.05) is 24.3 Å². The van der Waals surface area contributed by atoms with E-state index in [0.29, 0.717) is 5.75 Å². The molecule has 1 aliphatic heterocycles. The van der Waals surface area contributed by atoms with E-state index in [0.717, 1.165) is 37.8 Å². The highest BCUT2D eigenvalue weighted by Gasteiger charge is 2.33. The molecule has 1 fully saturated rings. The molecular formula is C11H21BrO3S. The minimum absolute atomic E-state index is 0.125. The Morgan fingerprint density at radius 2 is 1.88 bits per heavy atom. The molecule has 0 aromatic carbocycles. The molecule has 0 aliphatic carbocycles. The van der Waals surface area contributed by atoms with Crippen LogP contribution < -0.4 is 0 Å². The fourth-order valence-electron chi connectivity index (χ4n) is 1.85. The molecule has 16 heavy (non-hydrogen) atoms. The van der Waals surface area contributed by atoms with Gasteiger partial charge in [0.25, 0.3) is 0 Å². The van der Waals surface area contributed by atoms with Crippen molar-refractivity contribution in [2.24, 2.45) is 5.41 Å². The third kappa shape index (κ3) is 3.70. The van der Waals surface area contributed by atoms with E-state index in [2.05, 4.69) is 15.9 Å². The van der Waals surface area contributed by atoms with Gasteiger partial charge in [0.05, 0.1) is 11.0 Å². The standard InChI is InChI=1S/C11H21BrO3S/c1-10(2)16(13,14)8-5-11(9-12)3-6-15-7-4-11/h10H,3-9H2,1-2H3. The molecule has 0 saturated carbocycles. The van der Waals surface area contributed by atoms with Gasteiger partial charge >= 0.3 is 0 Å². The first-order chi connectivity index (χ1) is 7.42. The van der Waals surface area contributed by atoms with Crippen LogP contribution in [-0.2, 0) is 14.6 Å². The van der Waals surface area contributed by atoms with Gasteiger partial charge in [-0.15, -0.1) is 0 Å². The maximum atomic E-state index is 11.8. The van der Waals surface area contributed by atoms with E-state index in [1.165, 1.54) is 0 Å². The van der Waals surface area contributed by atoms with Gasteiger partial charge in [-0.3, -0.25) is 0 Å². The Morgan fingerprint density at radius 1 is 1.31 bits per heavy atom. The minimum Gasteiger partial charge on any atom is -0.381 e. The van der Waals surface area contributed by atoms with Crippen molar-refractivity contribution in [1.82, 2.24) is 0 Å². The quantitative estimate of drug-likeness (QED) is 0.732. The first-order valence-corrected chi connectivity index (χ1v) is 8.61. The lowest BCUT2D eigenvalue weighted by molar-refractivity contribution is 0.0254. The van der Waals surface area contributed by atoms with E-state index in [4.69, 9.17) is 4.74 Å². The highest BCUT2D eigenvalue weighted by molar-refractivity contribution is 9.09. The summed E-state index contributed by atoms with van der Waals surface area (Å²) >= 11 is 3.52. The molecule has 0 unspecified atom stereocenters. The Balaban J connectivity index is 2.58. The molecule has 5 heteroatoms. The number of alkyl halides is 1. The molecule has 0 spiro atoms. The summed E-state index contributed by atoms with van der Waals surface area (Å²) in [7, 11) is -2.91. The molecule has 1 rings (SSSR count). The van der Waals surface area contributed by atoms with Crippen LogP contribution in [0, 0.1) is 5.41 Å². The zero-order valence-electron chi connectivity index (χ0n) is 10.0. The van der Waals surface area contributed by atoms with Crippen LogP contribution in [0.3, 0.4) is 0 Å². The molecule has 0 aromatic rings. The average molecular weight is 313 g/mol. The van der Waals surface area contributed by atoms with E-state index >= 15 is 0 Å². The number of hydrogen-bond donors (Lipinski definition) is 0. The van der Waals surface area contributed by atoms with Crippen molar-refractivity contribution < 1.29 is 13.2 Å². The van der Waals surface area contributed by atoms with Crippen LogP contribution in [0.4, 0.5) is 0 Å². The largest absolute Gasteiger partial charge is 0.381 e. The Bertz CT molecular complexity index is 305. The molecule has 0 atom stereocenters. The monoisotopic (exact) mass is 312 g/mol. The van der Waals surface area contributed by atoms with Crippen LogP contribution in [0.25, 0.3) is 0 Å². The van der Waals surface area contributed by atoms with Crippen molar-refractivity contribution >= 4 is 25.8 Å². The summed E-state index contributed by atoms with van der Waals surface area (Å²) in [6, 6.07) is 0. The number of hydrogen-bond acceptors (Lipinski definition) is 3. The zero-order valence-corrected chi connectivity index (χ0v) is 12.4. The van der Waals surface area contributed by atoms with E-state index in [1.54, 1.807) is 13.8 Å². The molecule has 3 nitrogen and oxygen atoms in total. The molecule has 96 valence electrons. The summed E-state index contributed by atoms with van der Waals surface area (Å²) in [6.45, 7) is 5.01. The molecule has 0 bridgehead atoms. The van der Waals surface area contributed by atoms with Gasteiger partial charge in [-0.1, -0.05) is 15.9 Å². The molecule has 1 heterocycles. The van der Waals surface area contributed by atoms with Gasteiger partial charge in [0.15, 0.2) is 9.84 Å². The summed E-state index contributed by atoms with van der Waals surface area (Å²) in [4.78, 5) is 0. The Hall–Kier alpha value is 0.390. The molecule has 0 N–H and O–H groups in total. The molecule has 0 aromatic heterocycles. The van der Waals surface area contributed by atoms with Crippen molar-refractivity contribution in [1.29, 1.82) is 0 Å². The van der Waals surface area contributed by atoms with Gasteiger partial charge in [-0.25, -0.2) is 8.42 Å². The van der Waals surface area contributed by atoms with Crippen LogP contribution in [0.2, 0.25) is 0 Å². The Labute approximate surface area is 107 Å². The summed E-state index contributed by atoms with van der Waals surface area (Å²) in [6.07, 6.45) is 2.68. The van der Waals surface area contributed by atoms with Crippen LogP contribution in [0.15, 0.2) is 0 Å². The van der Waals surface area contributed by atoms with Gasteiger partial charge in [0.1, 0.15) is 0 Å². The van der Waals surface area contributed by atoms with E-state index in [1.807, 2.05) is 0 Å². The van der Waals surface area contributed by atoms with Crippen molar-refractivity contribution in [3.8, 4) is 0 Å². The number of halogens is 1. The zero-order chi connectivity index (χ0) is 12.2. The van der Waals surface area contributed by atoms with Gasteiger partial charge in [0.2, 0.25) is 0 Å². The first kappa shape index (κ1) is 14.5. The van der Waals surface area contributed by atoms with Crippen LogP contribution >= 0.6 is 15.9 Å². The molecule has 0 radical (unpaired) electrons. The van der Waals surface area contributed by atoms with E-state index in [9.17, 15) is 8.42 Å². The second-order valence-electron chi connectivity index (χ2n) is 4.91. The molecule has 0 amide bonds. The van der Waals surface area contributed by atoms with Crippen LogP contribution in [-0.4, -0.2) is 38.0 Å². The van der Waals surface area contributed by atoms with Crippen molar-refractivity contribution in [3.05, 3.63) is 0 Å². The lowest BCUT2D eigenvalue weighted by Gasteiger charge is -2.35. The van der Waals surface area contributed by atoms with E-state index < -0.39 is 9.84 Å². The summed E-state index contributed by atoms with van der Waals surface area (Å²) < 4.78 is 28.9. The third-order valence-electron chi connectivity index (χ3n) is 3.47. The lowest BCUT2D eigenvalue weighted by Crippen LogP contribution is -2.34. The highest BCUT2D eigenvalue weighted by atomic mass is 79.9. The van der Waals surface area contributed by atoms with Gasteiger partial charge < -0.3 is 4.74 Å². The maximum Gasteiger partial charge on any atom is 0.152 e. The molecular weight excluding hydrogens is 292 g/mol. The fraction of sp³-hybridized carbons (Fsp3) is 1.00. The first-order valence-electron chi connectivity index (χ1n) is 5.77. The topological polar surface area (TPSA) is 43.4 Å². The predicted octanol–water partition coefficient (Wildman–Crippen LogP) is 2.39. The Kier molecular flexibility index (Phi) is 5.26. The third-order valence-corrected chi connectivity index (χ3v) is 6.87. The van der Waals surface area contributed by atoms with Crippen molar-refractivity contribution in [3.63, 3.8) is 0 Å². The summed E-state index contributed by atoms with van der Waals surface area (Å²) in [5.41, 5.74) is 0.125. The highest BCUT2D eigenvalue weighted by Crippen LogP contribution is 2.36. The number of ether oxygens (including phenoxy) is 1. The summed E-state index contributed by atoms with van der Waals surface area (Å²) in [5, 5.41) is 0.608. The smallest absolute Gasteiger partial charge is 0.152 e.